The third-order valence-electron chi connectivity index (χ3n) is 2.78. The van der Waals surface area contributed by atoms with Crippen LogP contribution in [0.5, 0.6) is 11.5 Å². The van der Waals surface area contributed by atoms with Crippen LogP contribution in [0.15, 0.2) is 23.3 Å². The first-order chi connectivity index (χ1) is 11.1. The number of hydrogen-bond acceptors (Lipinski definition) is 6. The summed E-state index contributed by atoms with van der Waals surface area (Å²) < 4.78 is 15.1. The Hall–Kier alpha value is -2.61. The topological polar surface area (TPSA) is 98.2 Å². The molecule has 0 aromatic heterocycles. The Balaban J connectivity index is 2.49. The smallest absolute Gasteiger partial charge is 0.249 e. The molecule has 2 N–H and O–H groups in total. The number of nitrogens with one attached hydrogen (secondary N) is 2. The van der Waals surface area contributed by atoms with E-state index in [1.807, 2.05) is 0 Å². The fourth-order valence-corrected chi connectivity index (χ4v) is 1.64. The van der Waals surface area contributed by atoms with E-state index in [1.165, 1.54) is 20.4 Å². The summed E-state index contributed by atoms with van der Waals surface area (Å²) in [6, 6.07) is 5.19. The average Bonchev–Trinajstić information content (AvgIpc) is 2.55. The summed E-state index contributed by atoms with van der Waals surface area (Å²) in [7, 11) is 4.61. The van der Waals surface area contributed by atoms with Gasteiger partial charge in [0.2, 0.25) is 11.8 Å². The molecule has 0 unspecified atom stereocenters. The van der Waals surface area contributed by atoms with E-state index in [2.05, 4.69) is 15.8 Å². The van der Waals surface area contributed by atoms with Gasteiger partial charge in [0.1, 0.15) is 17.9 Å². The van der Waals surface area contributed by atoms with Crippen LogP contribution in [0.2, 0.25) is 0 Å². The first-order valence-corrected chi connectivity index (χ1v) is 6.90. The molecule has 0 heterocycles. The average molecular weight is 323 g/mol. The molecule has 0 saturated carbocycles. The molecule has 0 radical (unpaired) electrons. The van der Waals surface area contributed by atoms with Crippen molar-refractivity contribution < 1.29 is 23.8 Å². The number of amides is 2. The minimum Gasteiger partial charge on any atom is -0.497 e. The molecule has 1 rings (SSSR count). The molecule has 0 aliphatic rings. The summed E-state index contributed by atoms with van der Waals surface area (Å²) in [5, 5.41) is 6.35. The normalized spacial score (nSPS) is 10.4. The summed E-state index contributed by atoms with van der Waals surface area (Å²) in [5.41, 5.74) is 2.95. The van der Waals surface area contributed by atoms with E-state index in [4.69, 9.17) is 14.2 Å². The first-order valence-electron chi connectivity index (χ1n) is 6.90. The number of carbonyl (C=O) groups is 2. The summed E-state index contributed by atoms with van der Waals surface area (Å²) in [6.07, 6.45) is 1.12. The van der Waals surface area contributed by atoms with Gasteiger partial charge in [-0.25, -0.2) is 5.43 Å². The maximum absolute atomic E-state index is 11.6. The van der Waals surface area contributed by atoms with Crippen LogP contribution in [0.25, 0.3) is 0 Å². The number of methoxy groups -OCH3 is 3. The lowest BCUT2D eigenvalue weighted by atomic mass is 10.2. The van der Waals surface area contributed by atoms with Crippen molar-refractivity contribution in [3.63, 3.8) is 0 Å². The van der Waals surface area contributed by atoms with Crippen molar-refractivity contribution >= 4 is 18.0 Å². The molecule has 0 spiro atoms. The molecule has 0 saturated heterocycles. The van der Waals surface area contributed by atoms with Gasteiger partial charge in [0.05, 0.1) is 27.0 Å². The molecule has 1 aromatic rings. The van der Waals surface area contributed by atoms with Crippen molar-refractivity contribution in [2.45, 2.75) is 6.42 Å². The van der Waals surface area contributed by atoms with Gasteiger partial charge in [-0.05, 0) is 12.1 Å². The van der Waals surface area contributed by atoms with Gasteiger partial charge in [-0.15, -0.1) is 0 Å². The summed E-state index contributed by atoms with van der Waals surface area (Å²) in [6.45, 7) is 0.748. The van der Waals surface area contributed by atoms with E-state index in [0.29, 0.717) is 30.2 Å². The van der Waals surface area contributed by atoms with Crippen LogP contribution in [0, 0.1) is 0 Å². The Labute approximate surface area is 134 Å². The van der Waals surface area contributed by atoms with Gasteiger partial charge in [0.25, 0.3) is 0 Å². The minimum atomic E-state index is -0.511. The van der Waals surface area contributed by atoms with Gasteiger partial charge in [0, 0.05) is 25.3 Å². The monoisotopic (exact) mass is 323 g/mol. The molecule has 0 fully saturated rings. The molecule has 0 aliphatic heterocycles. The molecule has 8 nitrogen and oxygen atoms in total. The van der Waals surface area contributed by atoms with Crippen LogP contribution >= 0.6 is 0 Å². The highest BCUT2D eigenvalue weighted by Crippen LogP contribution is 2.22. The number of hydrogen-bond donors (Lipinski definition) is 2. The number of nitrogens with zero attached hydrogens (tertiary/aromatic N) is 1. The van der Waals surface area contributed by atoms with Gasteiger partial charge in [-0.3, -0.25) is 9.59 Å². The van der Waals surface area contributed by atoms with Crippen molar-refractivity contribution in [3.8, 4) is 11.5 Å². The van der Waals surface area contributed by atoms with Gasteiger partial charge < -0.3 is 19.5 Å². The largest absolute Gasteiger partial charge is 0.497 e. The van der Waals surface area contributed by atoms with Crippen molar-refractivity contribution in [1.82, 2.24) is 10.7 Å². The highest BCUT2D eigenvalue weighted by atomic mass is 16.5. The molecular weight excluding hydrogens is 302 g/mol. The minimum absolute atomic E-state index is 0.305. The predicted molar refractivity (Wildman–Crippen MR) is 84.8 cm³/mol. The zero-order valence-corrected chi connectivity index (χ0v) is 13.4. The predicted octanol–water partition coefficient (Wildman–Crippen LogP) is 0.307. The van der Waals surface area contributed by atoms with E-state index < -0.39 is 11.8 Å². The second kappa shape index (κ2) is 10.2. The van der Waals surface area contributed by atoms with Crippen LogP contribution in [0.1, 0.15) is 12.0 Å². The SMILES string of the molecule is COCCNC(=O)CC(=O)NN=Cc1ccc(OC)cc1OC. The fraction of sp³-hybridized carbons (Fsp3) is 0.400. The maximum Gasteiger partial charge on any atom is 0.249 e. The number of rotatable bonds is 9. The van der Waals surface area contributed by atoms with Crippen LogP contribution < -0.4 is 20.2 Å². The van der Waals surface area contributed by atoms with Gasteiger partial charge in [0.15, 0.2) is 0 Å². The number of carbonyl (C=O) groups excluding carboxylic acids is 2. The molecule has 126 valence electrons. The molecule has 0 bridgehead atoms. The van der Waals surface area contributed by atoms with Crippen LogP contribution in [0.3, 0.4) is 0 Å². The molecular formula is C15H21N3O5. The summed E-state index contributed by atoms with van der Waals surface area (Å²) in [4.78, 5) is 23.0. The van der Waals surface area contributed by atoms with E-state index in [0.717, 1.165) is 0 Å². The van der Waals surface area contributed by atoms with Gasteiger partial charge >= 0.3 is 0 Å². The molecule has 0 atom stereocenters. The zero-order valence-electron chi connectivity index (χ0n) is 13.4. The van der Waals surface area contributed by atoms with Crippen molar-refractivity contribution in [1.29, 1.82) is 0 Å². The highest BCUT2D eigenvalue weighted by molar-refractivity contribution is 5.97. The van der Waals surface area contributed by atoms with E-state index >= 15 is 0 Å². The number of ether oxygens (including phenoxy) is 3. The third-order valence-corrected chi connectivity index (χ3v) is 2.78. The first kappa shape index (κ1) is 18.4. The highest BCUT2D eigenvalue weighted by Gasteiger charge is 2.08. The molecule has 2 amide bonds. The molecule has 23 heavy (non-hydrogen) atoms. The zero-order chi connectivity index (χ0) is 17.1. The van der Waals surface area contributed by atoms with Gasteiger partial charge in [-0.1, -0.05) is 0 Å². The van der Waals surface area contributed by atoms with Crippen LogP contribution in [-0.2, 0) is 14.3 Å². The summed E-state index contributed by atoms with van der Waals surface area (Å²) >= 11 is 0. The van der Waals surface area contributed by atoms with E-state index in [9.17, 15) is 9.59 Å². The molecule has 0 aliphatic carbocycles. The quantitative estimate of drug-likeness (QED) is 0.295. The van der Waals surface area contributed by atoms with Crippen LogP contribution in [0.4, 0.5) is 0 Å². The van der Waals surface area contributed by atoms with E-state index in [-0.39, 0.29) is 6.42 Å². The van der Waals surface area contributed by atoms with Crippen molar-refractivity contribution in [2.75, 3.05) is 34.5 Å². The second-order valence-corrected chi connectivity index (χ2v) is 4.42. The lowest BCUT2D eigenvalue weighted by Gasteiger charge is -2.07. The number of benzene rings is 1. The van der Waals surface area contributed by atoms with Gasteiger partial charge in [-0.2, -0.15) is 5.10 Å². The van der Waals surface area contributed by atoms with Crippen molar-refractivity contribution in [2.24, 2.45) is 5.10 Å². The Morgan fingerprint density at radius 3 is 2.61 bits per heavy atom. The third kappa shape index (κ3) is 6.79. The standard InChI is InChI=1S/C15H21N3O5/c1-21-7-6-16-14(19)9-15(20)18-17-10-11-4-5-12(22-2)8-13(11)23-3/h4-5,8,10H,6-7,9H2,1-3H3,(H,16,19)(H,18,20). The van der Waals surface area contributed by atoms with E-state index in [1.54, 1.807) is 25.3 Å². The summed E-state index contributed by atoms with van der Waals surface area (Å²) in [5.74, 6) is 0.302. The second-order valence-electron chi connectivity index (χ2n) is 4.42. The number of hydrazone groups is 1. The molecule has 8 heteroatoms. The Morgan fingerprint density at radius 2 is 1.96 bits per heavy atom. The Morgan fingerprint density at radius 1 is 1.17 bits per heavy atom. The lowest BCUT2D eigenvalue weighted by Crippen LogP contribution is -2.31. The maximum atomic E-state index is 11.6. The molecule has 1 aromatic carbocycles. The van der Waals surface area contributed by atoms with Crippen LogP contribution in [-0.4, -0.2) is 52.5 Å². The fourth-order valence-electron chi connectivity index (χ4n) is 1.64. The Kier molecular flexibility index (Phi) is 8.16. The lowest BCUT2D eigenvalue weighted by molar-refractivity contribution is -0.129. The Bertz CT molecular complexity index is 560. The van der Waals surface area contributed by atoms with Crippen molar-refractivity contribution in [3.05, 3.63) is 23.8 Å².